The van der Waals surface area contributed by atoms with Gasteiger partial charge in [0.25, 0.3) is 5.91 Å². The topological polar surface area (TPSA) is 62.1 Å². The molecule has 0 aliphatic heterocycles. The first-order chi connectivity index (χ1) is 14.0. The SMILES string of the molecule is CCOCCn1c(=NC(=O)c2ccc(OC)c(OC)c2)sc2c(C)cc(C)cc21. The molecule has 0 spiro atoms. The first kappa shape index (κ1) is 21.1. The summed E-state index contributed by atoms with van der Waals surface area (Å²) in [5.41, 5.74) is 3.88. The van der Waals surface area contributed by atoms with Crippen molar-refractivity contribution in [3.63, 3.8) is 0 Å². The van der Waals surface area contributed by atoms with Crippen molar-refractivity contribution in [3.8, 4) is 11.5 Å². The van der Waals surface area contributed by atoms with Crippen LogP contribution in [-0.4, -0.2) is 37.9 Å². The van der Waals surface area contributed by atoms with Crippen molar-refractivity contribution in [1.82, 2.24) is 4.57 Å². The number of carbonyl (C=O) groups is 1. The summed E-state index contributed by atoms with van der Waals surface area (Å²) in [5.74, 6) is 0.751. The molecule has 0 saturated carbocycles. The minimum absolute atomic E-state index is 0.322. The molecule has 1 amide bonds. The number of carbonyl (C=O) groups excluding carboxylic acids is 1. The number of nitrogens with zero attached hydrogens (tertiary/aromatic N) is 2. The summed E-state index contributed by atoms with van der Waals surface area (Å²) in [4.78, 5) is 18.0. The van der Waals surface area contributed by atoms with Crippen molar-refractivity contribution in [2.45, 2.75) is 27.3 Å². The van der Waals surface area contributed by atoms with Gasteiger partial charge in [0.1, 0.15) is 0 Å². The second kappa shape index (κ2) is 9.24. The summed E-state index contributed by atoms with van der Waals surface area (Å²) in [6, 6.07) is 9.33. The fourth-order valence-corrected chi connectivity index (χ4v) is 4.34. The highest BCUT2D eigenvalue weighted by atomic mass is 32.1. The van der Waals surface area contributed by atoms with Crippen LogP contribution in [0.1, 0.15) is 28.4 Å². The lowest BCUT2D eigenvalue weighted by molar-refractivity contribution is 0.0996. The Kier molecular flexibility index (Phi) is 6.71. The van der Waals surface area contributed by atoms with Gasteiger partial charge in [0, 0.05) is 18.7 Å². The van der Waals surface area contributed by atoms with Crippen LogP contribution < -0.4 is 14.3 Å². The van der Waals surface area contributed by atoms with Crippen molar-refractivity contribution in [3.05, 3.63) is 51.8 Å². The van der Waals surface area contributed by atoms with Gasteiger partial charge in [0.2, 0.25) is 0 Å². The highest BCUT2D eigenvalue weighted by molar-refractivity contribution is 7.16. The van der Waals surface area contributed by atoms with E-state index < -0.39 is 0 Å². The number of aryl methyl sites for hydroxylation is 2. The summed E-state index contributed by atoms with van der Waals surface area (Å²) in [5, 5.41) is 0. The molecule has 0 aliphatic rings. The standard InChI is InChI=1S/C22H26N2O4S/c1-6-28-10-9-24-17-12-14(2)11-15(3)20(17)29-22(24)23-21(25)16-7-8-18(26-4)19(13-16)27-5/h7-8,11-13H,6,9-10H2,1-5H3. The molecule has 3 rings (SSSR count). The minimum atomic E-state index is -0.322. The van der Waals surface area contributed by atoms with Crippen LogP contribution in [0.15, 0.2) is 35.3 Å². The van der Waals surface area contributed by atoms with Gasteiger partial charge in [0.05, 0.1) is 31.0 Å². The molecule has 154 valence electrons. The van der Waals surface area contributed by atoms with Crippen LogP contribution in [-0.2, 0) is 11.3 Å². The molecule has 0 N–H and O–H groups in total. The van der Waals surface area contributed by atoms with Gasteiger partial charge in [-0.2, -0.15) is 4.99 Å². The number of rotatable bonds is 7. The van der Waals surface area contributed by atoms with Crippen LogP contribution in [0.5, 0.6) is 11.5 Å². The maximum absolute atomic E-state index is 12.9. The van der Waals surface area contributed by atoms with E-state index in [1.165, 1.54) is 22.5 Å². The molecule has 0 saturated heterocycles. The maximum atomic E-state index is 12.9. The molecule has 2 aromatic carbocycles. The Morgan fingerprint density at radius 2 is 1.86 bits per heavy atom. The largest absolute Gasteiger partial charge is 0.493 e. The third-order valence-corrected chi connectivity index (χ3v) is 5.83. The predicted molar refractivity (Wildman–Crippen MR) is 115 cm³/mol. The molecule has 6 nitrogen and oxygen atoms in total. The van der Waals surface area contributed by atoms with Crippen molar-refractivity contribution in [1.29, 1.82) is 0 Å². The number of fused-ring (bicyclic) bond motifs is 1. The van der Waals surface area contributed by atoms with Crippen molar-refractivity contribution < 1.29 is 19.0 Å². The average Bonchev–Trinajstić information content (AvgIpc) is 3.05. The lowest BCUT2D eigenvalue weighted by atomic mass is 10.1. The van der Waals surface area contributed by atoms with E-state index in [1.807, 2.05) is 6.92 Å². The third kappa shape index (κ3) is 4.52. The molecular formula is C22H26N2O4S. The zero-order chi connectivity index (χ0) is 21.0. The number of ether oxygens (including phenoxy) is 3. The van der Waals surface area contributed by atoms with Crippen LogP contribution in [0.3, 0.4) is 0 Å². The lowest BCUT2D eigenvalue weighted by Crippen LogP contribution is -2.19. The Morgan fingerprint density at radius 3 is 2.55 bits per heavy atom. The van der Waals surface area contributed by atoms with Crippen LogP contribution in [0, 0.1) is 13.8 Å². The van der Waals surface area contributed by atoms with Gasteiger partial charge in [0.15, 0.2) is 16.3 Å². The van der Waals surface area contributed by atoms with Crippen LogP contribution in [0.4, 0.5) is 0 Å². The Balaban J connectivity index is 2.09. The maximum Gasteiger partial charge on any atom is 0.279 e. The molecule has 0 aliphatic carbocycles. The second-order valence-electron chi connectivity index (χ2n) is 6.65. The van der Waals surface area contributed by atoms with Crippen LogP contribution >= 0.6 is 11.3 Å². The fourth-order valence-electron chi connectivity index (χ4n) is 3.23. The smallest absolute Gasteiger partial charge is 0.279 e. The second-order valence-corrected chi connectivity index (χ2v) is 7.63. The number of methoxy groups -OCH3 is 2. The number of hydrogen-bond donors (Lipinski definition) is 0. The zero-order valence-electron chi connectivity index (χ0n) is 17.4. The number of benzene rings is 2. The first-order valence-corrected chi connectivity index (χ1v) is 10.3. The molecule has 0 fully saturated rings. The molecule has 0 bridgehead atoms. The van der Waals surface area contributed by atoms with E-state index in [0.717, 1.165) is 10.2 Å². The molecule has 7 heteroatoms. The Labute approximate surface area is 174 Å². The number of aromatic nitrogens is 1. The van der Waals surface area contributed by atoms with E-state index in [9.17, 15) is 4.79 Å². The molecule has 0 atom stereocenters. The van der Waals surface area contributed by atoms with E-state index in [1.54, 1.807) is 32.4 Å². The summed E-state index contributed by atoms with van der Waals surface area (Å²) in [6.45, 7) is 7.97. The zero-order valence-corrected chi connectivity index (χ0v) is 18.3. The van der Waals surface area contributed by atoms with Crippen LogP contribution in [0.2, 0.25) is 0 Å². The number of amides is 1. The van der Waals surface area contributed by atoms with Crippen molar-refractivity contribution in [2.24, 2.45) is 4.99 Å². The summed E-state index contributed by atoms with van der Waals surface area (Å²) in [6.07, 6.45) is 0. The summed E-state index contributed by atoms with van der Waals surface area (Å²) < 4.78 is 19.3. The van der Waals surface area contributed by atoms with Gasteiger partial charge in [-0.05, 0) is 56.2 Å². The summed E-state index contributed by atoms with van der Waals surface area (Å²) in [7, 11) is 3.11. The van der Waals surface area contributed by atoms with Gasteiger partial charge in [-0.1, -0.05) is 17.4 Å². The van der Waals surface area contributed by atoms with Gasteiger partial charge >= 0.3 is 0 Å². The highest BCUT2D eigenvalue weighted by Crippen LogP contribution is 2.28. The normalized spacial score (nSPS) is 11.8. The van der Waals surface area contributed by atoms with Crippen molar-refractivity contribution in [2.75, 3.05) is 27.4 Å². The molecule has 3 aromatic rings. The first-order valence-electron chi connectivity index (χ1n) is 9.47. The molecule has 1 aromatic heterocycles. The monoisotopic (exact) mass is 414 g/mol. The Hall–Kier alpha value is -2.64. The predicted octanol–water partition coefficient (Wildman–Crippen LogP) is 4.11. The number of hydrogen-bond acceptors (Lipinski definition) is 5. The van der Waals surface area contributed by atoms with E-state index >= 15 is 0 Å². The third-order valence-electron chi connectivity index (χ3n) is 4.61. The number of thiazole rings is 1. The summed E-state index contributed by atoms with van der Waals surface area (Å²) >= 11 is 1.52. The van der Waals surface area contributed by atoms with E-state index in [2.05, 4.69) is 35.5 Å². The van der Waals surface area contributed by atoms with Gasteiger partial charge in [-0.3, -0.25) is 4.79 Å². The fraction of sp³-hybridized carbons (Fsp3) is 0.364. The van der Waals surface area contributed by atoms with Crippen LogP contribution in [0.25, 0.3) is 10.2 Å². The van der Waals surface area contributed by atoms with Gasteiger partial charge < -0.3 is 18.8 Å². The van der Waals surface area contributed by atoms with E-state index in [-0.39, 0.29) is 5.91 Å². The van der Waals surface area contributed by atoms with Crippen molar-refractivity contribution >= 4 is 27.5 Å². The highest BCUT2D eigenvalue weighted by Gasteiger charge is 2.13. The quantitative estimate of drug-likeness (QED) is 0.546. The minimum Gasteiger partial charge on any atom is -0.493 e. The Bertz CT molecular complexity index is 1100. The van der Waals surface area contributed by atoms with Gasteiger partial charge in [-0.25, -0.2) is 0 Å². The van der Waals surface area contributed by atoms with E-state index in [0.29, 0.717) is 41.6 Å². The molecule has 29 heavy (non-hydrogen) atoms. The molecule has 1 heterocycles. The Morgan fingerprint density at radius 1 is 1.10 bits per heavy atom. The lowest BCUT2D eigenvalue weighted by Gasteiger charge is -2.08. The molecular weight excluding hydrogens is 388 g/mol. The molecule has 0 unspecified atom stereocenters. The van der Waals surface area contributed by atoms with Gasteiger partial charge in [-0.15, -0.1) is 0 Å². The average molecular weight is 415 g/mol. The van der Waals surface area contributed by atoms with E-state index in [4.69, 9.17) is 14.2 Å². The molecule has 0 radical (unpaired) electrons.